The molecule has 0 atom stereocenters. The highest BCUT2D eigenvalue weighted by Gasteiger charge is 2.20. The summed E-state index contributed by atoms with van der Waals surface area (Å²) in [5.41, 5.74) is 1.06. The number of urea groups is 1. The summed E-state index contributed by atoms with van der Waals surface area (Å²) in [6, 6.07) is 6.90. The Hall–Kier alpha value is -2.69. The van der Waals surface area contributed by atoms with Gasteiger partial charge in [0.2, 0.25) is 0 Å². The van der Waals surface area contributed by atoms with Crippen molar-refractivity contribution in [3.8, 4) is 5.75 Å². The highest BCUT2D eigenvalue weighted by Crippen LogP contribution is 2.18. The van der Waals surface area contributed by atoms with Crippen LogP contribution in [0.25, 0.3) is 0 Å². The first-order chi connectivity index (χ1) is 15.5. The van der Waals surface area contributed by atoms with Crippen molar-refractivity contribution in [3.63, 3.8) is 0 Å². The third-order valence-corrected chi connectivity index (χ3v) is 5.97. The van der Waals surface area contributed by atoms with E-state index in [2.05, 4.69) is 20.5 Å². The van der Waals surface area contributed by atoms with E-state index in [9.17, 15) is 9.59 Å². The summed E-state index contributed by atoms with van der Waals surface area (Å²) in [5, 5.41) is 8.26. The Bertz CT molecular complexity index is 881. The fourth-order valence-corrected chi connectivity index (χ4v) is 4.01. The summed E-state index contributed by atoms with van der Waals surface area (Å²) in [6.07, 6.45) is 0. The number of thiazole rings is 1. The van der Waals surface area contributed by atoms with E-state index in [1.165, 1.54) is 11.3 Å². The molecule has 9 nitrogen and oxygen atoms in total. The number of ether oxygens (including phenoxy) is 2. The molecule has 1 fully saturated rings. The number of carbonyl (C=O) groups excluding carboxylic acids is 2. The van der Waals surface area contributed by atoms with Gasteiger partial charge >= 0.3 is 6.03 Å². The first-order valence-electron chi connectivity index (χ1n) is 10.7. The Morgan fingerprint density at radius 3 is 2.62 bits per heavy atom. The average molecular weight is 462 g/mol. The number of nitrogens with one attached hydrogen (secondary N) is 2. The molecule has 10 heteroatoms. The second kappa shape index (κ2) is 11.8. The Kier molecular flexibility index (Phi) is 8.83. The topological polar surface area (TPSA) is 96.0 Å². The number of rotatable bonds is 9. The van der Waals surface area contributed by atoms with Gasteiger partial charge in [-0.05, 0) is 38.1 Å². The number of benzene rings is 1. The SMILES string of the molecule is COc1ccc(NC(=O)N(Cc2nc(C(=O)NCCN3CCOCC3)cs2)C(C)C)cc1. The number of hydrogen-bond acceptors (Lipinski definition) is 7. The normalized spacial score (nSPS) is 14.2. The molecular weight excluding hydrogens is 430 g/mol. The smallest absolute Gasteiger partial charge is 0.322 e. The summed E-state index contributed by atoms with van der Waals surface area (Å²) in [5.74, 6) is 0.529. The number of anilines is 1. The van der Waals surface area contributed by atoms with Crippen LogP contribution in [-0.2, 0) is 11.3 Å². The Morgan fingerprint density at radius 1 is 1.25 bits per heavy atom. The number of amides is 3. The van der Waals surface area contributed by atoms with Gasteiger partial charge in [-0.1, -0.05) is 0 Å². The van der Waals surface area contributed by atoms with Crippen molar-refractivity contribution < 1.29 is 19.1 Å². The van der Waals surface area contributed by atoms with Gasteiger partial charge in [0.15, 0.2) is 0 Å². The van der Waals surface area contributed by atoms with E-state index < -0.39 is 0 Å². The molecule has 3 rings (SSSR count). The quantitative estimate of drug-likeness (QED) is 0.596. The predicted octanol–water partition coefficient (Wildman–Crippen LogP) is 2.66. The van der Waals surface area contributed by atoms with Crippen LogP contribution in [0.3, 0.4) is 0 Å². The van der Waals surface area contributed by atoms with Crippen LogP contribution in [0.4, 0.5) is 10.5 Å². The van der Waals surface area contributed by atoms with Crippen molar-refractivity contribution in [1.82, 2.24) is 20.1 Å². The highest BCUT2D eigenvalue weighted by molar-refractivity contribution is 7.09. The molecule has 2 heterocycles. The van der Waals surface area contributed by atoms with E-state index in [1.807, 2.05) is 13.8 Å². The molecule has 1 aliphatic heterocycles. The molecular formula is C22H31N5O4S. The molecule has 0 spiro atoms. The Labute approximate surface area is 192 Å². The fraction of sp³-hybridized carbons (Fsp3) is 0.500. The van der Waals surface area contributed by atoms with Crippen LogP contribution in [-0.4, -0.2) is 79.3 Å². The molecule has 2 aromatic rings. The molecule has 1 aromatic carbocycles. The summed E-state index contributed by atoms with van der Waals surface area (Å²) in [7, 11) is 1.60. The van der Waals surface area contributed by atoms with Crippen molar-refractivity contribution >= 4 is 29.0 Å². The Balaban J connectivity index is 1.52. The van der Waals surface area contributed by atoms with Gasteiger partial charge in [0.25, 0.3) is 5.91 Å². The lowest BCUT2D eigenvalue weighted by molar-refractivity contribution is 0.0383. The van der Waals surface area contributed by atoms with Crippen molar-refractivity contribution in [1.29, 1.82) is 0 Å². The molecule has 1 saturated heterocycles. The van der Waals surface area contributed by atoms with Crippen molar-refractivity contribution in [2.75, 3.05) is 51.8 Å². The number of nitrogens with zero attached hydrogens (tertiary/aromatic N) is 3. The van der Waals surface area contributed by atoms with E-state index >= 15 is 0 Å². The van der Waals surface area contributed by atoms with E-state index in [4.69, 9.17) is 9.47 Å². The number of morpholine rings is 1. The lowest BCUT2D eigenvalue weighted by atomic mass is 10.3. The van der Waals surface area contributed by atoms with Gasteiger partial charge in [-0.3, -0.25) is 9.69 Å². The number of carbonyl (C=O) groups is 2. The van der Waals surface area contributed by atoms with Gasteiger partial charge in [-0.25, -0.2) is 9.78 Å². The maximum atomic E-state index is 12.8. The van der Waals surface area contributed by atoms with E-state index in [-0.39, 0.29) is 18.0 Å². The molecule has 1 aromatic heterocycles. The zero-order valence-electron chi connectivity index (χ0n) is 18.8. The molecule has 0 bridgehead atoms. The summed E-state index contributed by atoms with van der Waals surface area (Å²) < 4.78 is 10.5. The van der Waals surface area contributed by atoms with Crippen LogP contribution < -0.4 is 15.4 Å². The Morgan fingerprint density at radius 2 is 1.97 bits per heavy atom. The second-order valence-electron chi connectivity index (χ2n) is 7.72. The van der Waals surface area contributed by atoms with Crippen LogP contribution >= 0.6 is 11.3 Å². The van der Waals surface area contributed by atoms with Gasteiger partial charge in [-0.15, -0.1) is 11.3 Å². The van der Waals surface area contributed by atoms with Crippen LogP contribution in [0.5, 0.6) is 5.75 Å². The van der Waals surface area contributed by atoms with Gasteiger partial charge in [0.05, 0.1) is 26.9 Å². The lowest BCUT2D eigenvalue weighted by Gasteiger charge is -2.26. The second-order valence-corrected chi connectivity index (χ2v) is 8.66. The molecule has 2 N–H and O–H groups in total. The van der Waals surface area contributed by atoms with E-state index in [1.54, 1.807) is 41.7 Å². The minimum absolute atomic E-state index is 0.0389. The van der Waals surface area contributed by atoms with E-state index in [0.717, 1.165) is 38.6 Å². The molecule has 32 heavy (non-hydrogen) atoms. The average Bonchev–Trinajstić information content (AvgIpc) is 3.27. The number of aromatic nitrogens is 1. The molecule has 1 aliphatic rings. The maximum Gasteiger partial charge on any atom is 0.322 e. The van der Waals surface area contributed by atoms with Gasteiger partial charge < -0.3 is 25.0 Å². The fourth-order valence-electron chi connectivity index (χ4n) is 3.23. The monoisotopic (exact) mass is 461 g/mol. The minimum atomic E-state index is -0.225. The molecule has 0 unspecified atom stereocenters. The highest BCUT2D eigenvalue weighted by atomic mass is 32.1. The number of hydrogen-bond donors (Lipinski definition) is 2. The summed E-state index contributed by atoms with van der Waals surface area (Å²) >= 11 is 1.38. The zero-order chi connectivity index (χ0) is 22.9. The first kappa shape index (κ1) is 24.0. The third kappa shape index (κ3) is 6.91. The van der Waals surface area contributed by atoms with Gasteiger partial charge in [0.1, 0.15) is 16.5 Å². The predicted molar refractivity (Wildman–Crippen MR) is 124 cm³/mol. The standard InChI is InChI=1S/C22H31N5O4S/c1-16(2)27(22(29)24-17-4-6-18(30-3)7-5-17)14-20-25-19(15-32-20)21(28)23-8-9-26-10-12-31-13-11-26/h4-7,15-16H,8-14H2,1-3H3,(H,23,28)(H,24,29). The lowest BCUT2D eigenvalue weighted by Crippen LogP contribution is -2.41. The maximum absolute atomic E-state index is 12.8. The van der Waals surface area contributed by atoms with E-state index in [0.29, 0.717) is 29.5 Å². The number of methoxy groups -OCH3 is 1. The summed E-state index contributed by atoms with van der Waals surface area (Å²) in [6.45, 7) is 8.82. The molecule has 0 aliphatic carbocycles. The molecule has 3 amide bonds. The van der Waals surface area contributed by atoms with Gasteiger partial charge in [0, 0.05) is 43.3 Å². The van der Waals surface area contributed by atoms with Crippen molar-refractivity contribution in [3.05, 3.63) is 40.3 Å². The van der Waals surface area contributed by atoms with Crippen LogP contribution in [0.2, 0.25) is 0 Å². The van der Waals surface area contributed by atoms with Crippen LogP contribution in [0, 0.1) is 0 Å². The van der Waals surface area contributed by atoms with Crippen LogP contribution in [0.15, 0.2) is 29.6 Å². The van der Waals surface area contributed by atoms with Crippen LogP contribution in [0.1, 0.15) is 29.3 Å². The molecule has 0 radical (unpaired) electrons. The van der Waals surface area contributed by atoms with Crippen molar-refractivity contribution in [2.45, 2.75) is 26.4 Å². The third-order valence-electron chi connectivity index (χ3n) is 5.13. The summed E-state index contributed by atoms with van der Waals surface area (Å²) in [4.78, 5) is 33.6. The molecule has 0 saturated carbocycles. The minimum Gasteiger partial charge on any atom is -0.497 e. The largest absolute Gasteiger partial charge is 0.497 e. The van der Waals surface area contributed by atoms with Crippen molar-refractivity contribution in [2.24, 2.45) is 0 Å². The molecule has 174 valence electrons. The van der Waals surface area contributed by atoms with Gasteiger partial charge in [-0.2, -0.15) is 0 Å². The zero-order valence-corrected chi connectivity index (χ0v) is 19.6. The first-order valence-corrected chi connectivity index (χ1v) is 11.6.